The molecule has 0 spiro atoms. The second kappa shape index (κ2) is 6.62. The Morgan fingerprint density at radius 2 is 2.14 bits per heavy atom. The Labute approximate surface area is 130 Å². The molecule has 1 heterocycles. The van der Waals surface area contributed by atoms with Crippen LogP contribution in [0.15, 0.2) is 0 Å². The third-order valence-electron chi connectivity index (χ3n) is 3.54. The molecule has 7 heteroatoms. The highest BCUT2D eigenvalue weighted by Gasteiger charge is 2.28. The fourth-order valence-electron chi connectivity index (χ4n) is 2.09. The quantitative estimate of drug-likeness (QED) is 0.712. The third kappa shape index (κ3) is 4.31. The normalized spacial score (nSPS) is 16.3. The number of likely N-dealkylation sites (N-methyl/N-ethyl adjacent to an activating group) is 1. The Bertz CT molecular complexity index is 496. The minimum atomic E-state index is -0.112. The molecule has 0 aromatic carbocycles. The van der Waals surface area contributed by atoms with Crippen molar-refractivity contribution in [3.63, 3.8) is 0 Å². The summed E-state index contributed by atoms with van der Waals surface area (Å²) < 4.78 is 4.14. The van der Waals surface area contributed by atoms with Gasteiger partial charge in [0.15, 0.2) is 5.82 Å². The molecule has 1 fully saturated rings. The smallest absolute Gasteiger partial charge is 0.258 e. The van der Waals surface area contributed by atoms with Crippen LogP contribution in [-0.4, -0.2) is 47.9 Å². The topological polar surface area (TPSA) is 83.3 Å². The zero-order valence-corrected chi connectivity index (χ0v) is 14.0. The first kappa shape index (κ1) is 16.0. The first-order chi connectivity index (χ1) is 9.88. The molecule has 1 unspecified atom stereocenters. The Morgan fingerprint density at radius 1 is 1.48 bits per heavy atom. The molecule has 0 aliphatic heterocycles. The zero-order valence-electron chi connectivity index (χ0n) is 13.1. The standard InChI is InChI=1S/C14H25N5OS/c1-8(2)10(7-19(3)4)17-14-11(12(15)18-21-14)13(20)16-9-5-6-9/h8-10,17H,5-7H2,1-4H3,(H2,15,18)(H,16,20). The fraction of sp³-hybridized carbons (Fsp3) is 0.714. The second-order valence-corrected chi connectivity index (χ2v) is 7.05. The molecule has 6 nitrogen and oxygen atoms in total. The Kier molecular flexibility index (Phi) is 5.05. The highest BCUT2D eigenvalue weighted by atomic mass is 32.1. The molecule has 1 atom stereocenters. The van der Waals surface area contributed by atoms with E-state index in [0.717, 1.165) is 24.4 Å². The number of nitrogens with zero attached hydrogens (tertiary/aromatic N) is 2. The summed E-state index contributed by atoms with van der Waals surface area (Å²) in [6, 6.07) is 0.555. The van der Waals surface area contributed by atoms with E-state index in [2.05, 4.69) is 33.8 Å². The van der Waals surface area contributed by atoms with Crippen LogP contribution in [0.4, 0.5) is 10.8 Å². The number of aromatic nitrogens is 1. The molecule has 1 aromatic heterocycles. The van der Waals surface area contributed by atoms with Crippen molar-refractivity contribution in [2.45, 2.75) is 38.8 Å². The molecule has 118 valence electrons. The van der Waals surface area contributed by atoms with Gasteiger partial charge in [0.25, 0.3) is 5.91 Å². The van der Waals surface area contributed by atoms with Crippen LogP contribution in [0, 0.1) is 5.92 Å². The third-order valence-corrected chi connectivity index (χ3v) is 4.33. The summed E-state index contributed by atoms with van der Waals surface area (Å²) in [5, 5.41) is 7.19. The summed E-state index contributed by atoms with van der Waals surface area (Å²) in [5.41, 5.74) is 6.38. The van der Waals surface area contributed by atoms with E-state index < -0.39 is 0 Å². The van der Waals surface area contributed by atoms with Crippen LogP contribution in [-0.2, 0) is 0 Å². The van der Waals surface area contributed by atoms with E-state index >= 15 is 0 Å². The number of nitrogens with two attached hydrogens (primary N) is 1. The van der Waals surface area contributed by atoms with Gasteiger partial charge in [0.2, 0.25) is 0 Å². The lowest BCUT2D eigenvalue weighted by molar-refractivity contribution is 0.0953. The van der Waals surface area contributed by atoms with Crippen LogP contribution in [0.1, 0.15) is 37.0 Å². The van der Waals surface area contributed by atoms with E-state index in [4.69, 9.17) is 5.73 Å². The average Bonchev–Trinajstić information content (AvgIpc) is 3.11. The summed E-state index contributed by atoms with van der Waals surface area (Å²) in [6.45, 7) is 5.21. The zero-order chi connectivity index (χ0) is 15.6. The molecular formula is C14H25N5OS. The van der Waals surface area contributed by atoms with Crippen LogP contribution < -0.4 is 16.4 Å². The fourth-order valence-corrected chi connectivity index (χ4v) is 2.86. The second-order valence-electron chi connectivity index (χ2n) is 6.28. The van der Waals surface area contributed by atoms with Crippen molar-refractivity contribution in [3.8, 4) is 0 Å². The van der Waals surface area contributed by atoms with Crippen LogP contribution >= 0.6 is 11.5 Å². The van der Waals surface area contributed by atoms with Gasteiger partial charge in [0.1, 0.15) is 10.6 Å². The predicted octanol–water partition coefficient (Wildman–Crippen LogP) is 1.62. The lowest BCUT2D eigenvalue weighted by atomic mass is 10.0. The Hall–Kier alpha value is -1.34. The summed E-state index contributed by atoms with van der Waals surface area (Å²) in [5.74, 6) is 0.640. The van der Waals surface area contributed by atoms with Gasteiger partial charge in [-0.3, -0.25) is 4.79 Å². The predicted molar refractivity (Wildman–Crippen MR) is 87.8 cm³/mol. The molecule has 1 saturated carbocycles. The molecule has 0 bridgehead atoms. The lowest BCUT2D eigenvalue weighted by Gasteiger charge is -2.26. The number of hydrogen-bond donors (Lipinski definition) is 3. The minimum absolute atomic E-state index is 0.112. The van der Waals surface area contributed by atoms with E-state index in [-0.39, 0.29) is 11.9 Å². The van der Waals surface area contributed by atoms with Gasteiger partial charge in [0, 0.05) is 18.6 Å². The number of nitrogen functional groups attached to an aromatic ring is 1. The largest absolute Gasteiger partial charge is 0.382 e. The van der Waals surface area contributed by atoms with Crippen molar-refractivity contribution in [1.82, 2.24) is 14.6 Å². The van der Waals surface area contributed by atoms with Crippen molar-refractivity contribution in [2.24, 2.45) is 5.92 Å². The van der Waals surface area contributed by atoms with Crippen molar-refractivity contribution in [3.05, 3.63) is 5.56 Å². The van der Waals surface area contributed by atoms with Gasteiger partial charge < -0.3 is 21.3 Å². The van der Waals surface area contributed by atoms with Gasteiger partial charge >= 0.3 is 0 Å². The van der Waals surface area contributed by atoms with Gasteiger partial charge in [-0.05, 0) is 44.4 Å². The molecule has 0 radical (unpaired) electrons. The molecule has 2 rings (SSSR count). The maximum Gasteiger partial charge on any atom is 0.258 e. The van der Waals surface area contributed by atoms with Gasteiger partial charge in [-0.15, -0.1) is 0 Å². The van der Waals surface area contributed by atoms with Crippen LogP contribution in [0.2, 0.25) is 0 Å². The van der Waals surface area contributed by atoms with Gasteiger partial charge in [-0.25, -0.2) is 0 Å². The molecule has 1 aliphatic carbocycles. The summed E-state index contributed by atoms with van der Waals surface area (Å²) in [4.78, 5) is 14.4. The van der Waals surface area contributed by atoms with Gasteiger partial charge in [-0.1, -0.05) is 13.8 Å². The molecule has 1 aromatic rings. The maximum absolute atomic E-state index is 12.3. The van der Waals surface area contributed by atoms with Crippen LogP contribution in [0.25, 0.3) is 0 Å². The van der Waals surface area contributed by atoms with Crippen molar-refractivity contribution in [2.75, 3.05) is 31.7 Å². The lowest BCUT2D eigenvalue weighted by Crippen LogP contribution is -2.37. The Balaban J connectivity index is 2.12. The Morgan fingerprint density at radius 3 is 2.67 bits per heavy atom. The summed E-state index contributed by atoms with van der Waals surface area (Å²) >= 11 is 1.26. The maximum atomic E-state index is 12.3. The molecule has 4 N–H and O–H groups in total. The number of hydrogen-bond acceptors (Lipinski definition) is 6. The SMILES string of the molecule is CC(C)C(CN(C)C)Nc1snc(N)c1C(=O)NC1CC1. The monoisotopic (exact) mass is 311 g/mol. The van der Waals surface area contributed by atoms with E-state index in [1.165, 1.54) is 11.5 Å². The first-order valence-corrected chi connectivity index (χ1v) is 8.13. The highest BCUT2D eigenvalue weighted by molar-refractivity contribution is 7.11. The van der Waals surface area contributed by atoms with Crippen LogP contribution in [0.5, 0.6) is 0 Å². The summed E-state index contributed by atoms with van der Waals surface area (Å²) in [6.07, 6.45) is 2.11. The number of nitrogens with one attached hydrogen (secondary N) is 2. The average molecular weight is 311 g/mol. The van der Waals surface area contributed by atoms with Crippen molar-refractivity contribution in [1.29, 1.82) is 0 Å². The molecule has 0 saturated heterocycles. The molecule has 1 aliphatic rings. The molecule has 1 amide bonds. The van der Waals surface area contributed by atoms with E-state index in [1.807, 2.05) is 14.1 Å². The first-order valence-electron chi connectivity index (χ1n) is 7.35. The number of amides is 1. The van der Waals surface area contributed by atoms with Crippen molar-refractivity contribution < 1.29 is 4.79 Å². The van der Waals surface area contributed by atoms with E-state index in [9.17, 15) is 4.79 Å². The number of anilines is 2. The number of carbonyl (C=O) groups excluding carboxylic acids is 1. The van der Waals surface area contributed by atoms with Gasteiger partial charge in [0.05, 0.1) is 0 Å². The summed E-state index contributed by atoms with van der Waals surface area (Å²) in [7, 11) is 4.08. The molecule has 21 heavy (non-hydrogen) atoms. The van der Waals surface area contributed by atoms with Crippen LogP contribution in [0.3, 0.4) is 0 Å². The highest BCUT2D eigenvalue weighted by Crippen LogP contribution is 2.29. The minimum Gasteiger partial charge on any atom is -0.382 e. The van der Waals surface area contributed by atoms with E-state index in [0.29, 0.717) is 23.3 Å². The van der Waals surface area contributed by atoms with Gasteiger partial charge in [-0.2, -0.15) is 4.37 Å². The number of carbonyl (C=O) groups is 1. The van der Waals surface area contributed by atoms with Crippen molar-refractivity contribution >= 4 is 28.3 Å². The number of rotatable bonds is 7. The molecular weight excluding hydrogens is 286 g/mol. The van der Waals surface area contributed by atoms with E-state index in [1.54, 1.807) is 0 Å².